The lowest BCUT2D eigenvalue weighted by atomic mass is 9.70. The van der Waals surface area contributed by atoms with E-state index in [1.807, 2.05) is 0 Å². The summed E-state index contributed by atoms with van der Waals surface area (Å²) in [5, 5.41) is 0. The predicted octanol–water partition coefficient (Wildman–Crippen LogP) is 4.47. The van der Waals surface area contributed by atoms with Crippen molar-refractivity contribution in [1.82, 2.24) is 0 Å². The smallest absolute Gasteiger partial charge is 0.0282 e. The summed E-state index contributed by atoms with van der Waals surface area (Å²) in [7, 11) is 0. The molecule has 0 saturated heterocycles. The fourth-order valence-corrected chi connectivity index (χ4v) is 2.88. The van der Waals surface area contributed by atoms with Crippen LogP contribution < -0.4 is 0 Å². The van der Waals surface area contributed by atoms with E-state index in [0.29, 0.717) is 5.41 Å². The third kappa shape index (κ3) is 2.39. The Kier molecular flexibility index (Phi) is 6.00. The van der Waals surface area contributed by atoms with Crippen LogP contribution in [0.15, 0.2) is 0 Å². The Bertz CT molecular complexity index is 93.3. The molecule has 0 unspecified atom stereocenters. The molecule has 74 valence electrons. The van der Waals surface area contributed by atoms with Crippen molar-refractivity contribution in [2.75, 3.05) is 5.88 Å². The molecule has 12 heavy (non-hydrogen) atoms. The van der Waals surface area contributed by atoms with E-state index in [0.717, 1.165) is 11.8 Å². The van der Waals surface area contributed by atoms with Gasteiger partial charge in [0.2, 0.25) is 0 Å². The molecule has 0 heterocycles. The first-order chi connectivity index (χ1) is 5.70. The van der Waals surface area contributed by atoms with Crippen molar-refractivity contribution < 1.29 is 0 Å². The lowest BCUT2D eigenvalue weighted by molar-refractivity contribution is 0.162. The fraction of sp³-hybridized carbons (Fsp3) is 1.00. The Balaban J connectivity index is 4.42. The van der Waals surface area contributed by atoms with E-state index < -0.39 is 0 Å². The van der Waals surface area contributed by atoms with Crippen LogP contribution in [0.25, 0.3) is 0 Å². The summed E-state index contributed by atoms with van der Waals surface area (Å²) in [5.74, 6) is 1.64. The van der Waals surface area contributed by atoms with Crippen molar-refractivity contribution in [3.63, 3.8) is 0 Å². The summed E-state index contributed by atoms with van der Waals surface area (Å²) in [6, 6.07) is 0. The molecule has 0 bridgehead atoms. The molecule has 0 aromatic carbocycles. The van der Waals surface area contributed by atoms with Gasteiger partial charge in [-0.3, -0.25) is 0 Å². The van der Waals surface area contributed by atoms with Crippen LogP contribution in [0.4, 0.5) is 0 Å². The van der Waals surface area contributed by atoms with Crippen LogP contribution in [0.2, 0.25) is 0 Å². The van der Waals surface area contributed by atoms with Crippen molar-refractivity contribution in [2.45, 2.75) is 53.4 Å². The molecule has 0 amide bonds. The van der Waals surface area contributed by atoms with E-state index >= 15 is 0 Å². The van der Waals surface area contributed by atoms with Crippen LogP contribution in [0.1, 0.15) is 53.4 Å². The fourth-order valence-electron chi connectivity index (χ4n) is 2.28. The topological polar surface area (TPSA) is 0 Å². The third-order valence-corrected chi connectivity index (χ3v) is 4.06. The average molecular weight is 191 g/mol. The van der Waals surface area contributed by atoms with Crippen LogP contribution in [-0.2, 0) is 0 Å². The number of hydrogen-bond donors (Lipinski definition) is 0. The van der Waals surface area contributed by atoms with Crippen molar-refractivity contribution in [3.8, 4) is 0 Å². The van der Waals surface area contributed by atoms with Gasteiger partial charge in [-0.1, -0.05) is 40.5 Å². The third-order valence-electron chi connectivity index (χ3n) is 3.53. The maximum atomic E-state index is 6.08. The van der Waals surface area contributed by atoms with Gasteiger partial charge in [0.25, 0.3) is 0 Å². The molecule has 0 rings (SSSR count). The molecule has 0 N–H and O–H groups in total. The quantitative estimate of drug-likeness (QED) is 0.543. The SMILES string of the molecule is CCC(CC)C(CC)(CC)CCl. The molecule has 0 spiro atoms. The molecule has 1 heteroatoms. The first kappa shape index (κ1) is 12.3. The van der Waals surface area contributed by atoms with Crippen LogP contribution in [0.3, 0.4) is 0 Å². The Labute approximate surface area is 82.7 Å². The lowest BCUT2D eigenvalue weighted by Crippen LogP contribution is -2.30. The second kappa shape index (κ2) is 5.85. The first-order valence-corrected chi connectivity index (χ1v) is 5.80. The van der Waals surface area contributed by atoms with Crippen molar-refractivity contribution >= 4 is 11.6 Å². The lowest BCUT2D eigenvalue weighted by Gasteiger charge is -2.37. The van der Waals surface area contributed by atoms with E-state index in [1.54, 1.807) is 0 Å². The summed E-state index contributed by atoms with van der Waals surface area (Å²) in [6.45, 7) is 9.09. The van der Waals surface area contributed by atoms with Crippen molar-refractivity contribution in [1.29, 1.82) is 0 Å². The van der Waals surface area contributed by atoms with Gasteiger partial charge in [0.05, 0.1) is 0 Å². The molecule has 0 fully saturated rings. The number of alkyl halides is 1. The highest BCUT2D eigenvalue weighted by atomic mass is 35.5. The zero-order chi connectivity index (χ0) is 9.61. The largest absolute Gasteiger partial charge is 0.126 e. The van der Waals surface area contributed by atoms with Gasteiger partial charge in [0, 0.05) is 5.88 Å². The van der Waals surface area contributed by atoms with Gasteiger partial charge in [-0.05, 0) is 24.2 Å². The highest BCUT2D eigenvalue weighted by Gasteiger charge is 2.32. The summed E-state index contributed by atoms with van der Waals surface area (Å²) < 4.78 is 0. The predicted molar refractivity (Wildman–Crippen MR) is 57.8 cm³/mol. The number of rotatable bonds is 6. The molecule has 0 atom stereocenters. The molecule has 0 aliphatic rings. The molecule has 0 aliphatic heterocycles. The zero-order valence-electron chi connectivity index (χ0n) is 8.99. The molecular formula is C11H23Cl. The van der Waals surface area contributed by atoms with Crippen molar-refractivity contribution in [3.05, 3.63) is 0 Å². The Morgan fingerprint density at radius 2 is 1.42 bits per heavy atom. The maximum absolute atomic E-state index is 6.08. The second-order valence-corrected chi connectivity index (χ2v) is 3.98. The molecular weight excluding hydrogens is 168 g/mol. The Morgan fingerprint density at radius 3 is 1.50 bits per heavy atom. The molecule has 0 nitrogen and oxygen atoms in total. The normalized spacial score (nSPS) is 12.5. The molecule has 0 aromatic heterocycles. The highest BCUT2D eigenvalue weighted by molar-refractivity contribution is 6.18. The minimum Gasteiger partial charge on any atom is -0.126 e. The molecule has 0 radical (unpaired) electrons. The average Bonchev–Trinajstić information content (AvgIpc) is 2.14. The van der Waals surface area contributed by atoms with E-state index in [1.165, 1.54) is 25.7 Å². The van der Waals surface area contributed by atoms with Gasteiger partial charge in [0.1, 0.15) is 0 Å². The zero-order valence-corrected chi connectivity index (χ0v) is 9.75. The molecule has 0 aliphatic carbocycles. The minimum atomic E-state index is 0.408. The van der Waals surface area contributed by atoms with E-state index in [2.05, 4.69) is 27.7 Å². The van der Waals surface area contributed by atoms with Gasteiger partial charge in [-0.2, -0.15) is 0 Å². The number of hydrogen-bond acceptors (Lipinski definition) is 0. The Morgan fingerprint density at radius 1 is 1.00 bits per heavy atom. The van der Waals surface area contributed by atoms with Crippen LogP contribution in [0, 0.1) is 11.3 Å². The van der Waals surface area contributed by atoms with Gasteiger partial charge < -0.3 is 0 Å². The van der Waals surface area contributed by atoms with E-state index in [4.69, 9.17) is 11.6 Å². The van der Waals surface area contributed by atoms with Crippen LogP contribution >= 0.6 is 11.6 Å². The number of halogens is 1. The summed E-state index contributed by atoms with van der Waals surface area (Å²) in [6.07, 6.45) is 4.98. The van der Waals surface area contributed by atoms with Gasteiger partial charge in [0.15, 0.2) is 0 Å². The van der Waals surface area contributed by atoms with E-state index in [-0.39, 0.29) is 0 Å². The van der Waals surface area contributed by atoms with Gasteiger partial charge >= 0.3 is 0 Å². The molecule has 0 aromatic rings. The van der Waals surface area contributed by atoms with Crippen LogP contribution in [0.5, 0.6) is 0 Å². The standard InChI is InChI=1S/C11H23Cl/c1-5-10(6-2)11(7-3,8-4)9-12/h10H,5-9H2,1-4H3. The Hall–Kier alpha value is 0.290. The summed E-state index contributed by atoms with van der Waals surface area (Å²) in [5.41, 5.74) is 0.408. The summed E-state index contributed by atoms with van der Waals surface area (Å²) in [4.78, 5) is 0. The van der Waals surface area contributed by atoms with Gasteiger partial charge in [-0.15, -0.1) is 11.6 Å². The summed E-state index contributed by atoms with van der Waals surface area (Å²) >= 11 is 6.08. The highest BCUT2D eigenvalue weighted by Crippen LogP contribution is 2.40. The maximum Gasteiger partial charge on any atom is 0.0282 e. The molecule has 0 saturated carbocycles. The first-order valence-electron chi connectivity index (χ1n) is 5.26. The van der Waals surface area contributed by atoms with Gasteiger partial charge in [-0.25, -0.2) is 0 Å². The monoisotopic (exact) mass is 190 g/mol. The van der Waals surface area contributed by atoms with Crippen LogP contribution in [-0.4, -0.2) is 5.88 Å². The minimum absolute atomic E-state index is 0.408. The van der Waals surface area contributed by atoms with E-state index in [9.17, 15) is 0 Å². The second-order valence-electron chi connectivity index (χ2n) is 3.72. The van der Waals surface area contributed by atoms with Crippen molar-refractivity contribution in [2.24, 2.45) is 11.3 Å².